The fourth-order valence-corrected chi connectivity index (χ4v) is 3.31. The third kappa shape index (κ3) is 5.23. The average Bonchev–Trinajstić information content (AvgIpc) is 2.66. The quantitative estimate of drug-likeness (QED) is 0.793. The lowest BCUT2D eigenvalue weighted by Gasteiger charge is -2.33. The zero-order valence-electron chi connectivity index (χ0n) is 16.5. The number of hydrazone groups is 1. The second kappa shape index (κ2) is 8.91. The molecule has 0 amide bonds. The van der Waals surface area contributed by atoms with Crippen LogP contribution in [0, 0.1) is 13.8 Å². The second-order valence-electron chi connectivity index (χ2n) is 7.06. The van der Waals surface area contributed by atoms with Crippen LogP contribution in [-0.2, 0) is 6.54 Å². The van der Waals surface area contributed by atoms with Gasteiger partial charge in [-0.25, -0.2) is 0 Å². The van der Waals surface area contributed by atoms with E-state index in [1.807, 2.05) is 25.3 Å². The first kappa shape index (κ1) is 19.2. The van der Waals surface area contributed by atoms with Crippen LogP contribution in [0.15, 0.2) is 41.5 Å². The molecule has 3 rings (SSSR count). The molecule has 0 aliphatic carbocycles. The van der Waals surface area contributed by atoms with Crippen molar-refractivity contribution in [2.45, 2.75) is 27.3 Å². The van der Waals surface area contributed by atoms with Crippen LogP contribution in [0.3, 0.4) is 0 Å². The normalized spacial score (nSPS) is 15.4. The van der Waals surface area contributed by atoms with Crippen LogP contribution in [0.2, 0.25) is 0 Å². The van der Waals surface area contributed by atoms with E-state index in [1.165, 1.54) is 16.7 Å². The molecule has 27 heavy (non-hydrogen) atoms. The van der Waals surface area contributed by atoms with Crippen molar-refractivity contribution in [1.29, 1.82) is 0 Å². The summed E-state index contributed by atoms with van der Waals surface area (Å²) in [6.07, 6.45) is 1.84. The molecule has 2 aromatic carbocycles. The largest absolute Gasteiger partial charge is 0.504 e. The SMILES string of the molecule is CCOc1cc(/C=N/N2CCN(Cc3ccc(C)cc3C)CC2)ccc1O. The Kier molecular flexibility index (Phi) is 6.35. The number of hydrogen-bond acceptors (Lipinski definition) is 5. The van der Waals surface area contributed by atoms with Crippen LogP contribution in [0.25, 0.3) is 0 Å². The van der Waals surface area contributed by atoms with Gasteiger partial charge in [-0.3, -0.25) is 9.91 Å². The molecule has 1 saturated heterocycles. The lowest BCUT2D eigenvalue weighted by Crippen LogP contribution is -2.43. The molecular formula is C22H29N3O2. The summed E-state index contributed by atoms with van der Waals surface area (Å²) in [4.78, 5) is 2.48. The van der Waals surface area contributed by atoms with Crippen molar-refractivity contribution in [2.75, 3.05) is 32.8 Å². The van der Waals surface area contributed by atoms with E-state index in [0.29, 0.717) is 12.4 Å². The molecule has 0 spiro atoms. The molecule has 0 radical (unpaired) electrons. The van der Waals surface area contributed by atoms with Crippen molar-refractivity contribution in [2.24, 2.45) is 5.10 Å². The monoisotopic (exact) mass is 367 g/mol. The maximum Gasteiger partial charge on any atom is 0.161 e. The van der Waals surface area contributed by atoms with Crippen LogP contribution in [0.1, 0.15) is 29.2 Å². The number of benzene rings is 2. The first-order valence-electron chi connectivity index (χ1n) is 9.58. The molecule has 1 fully saturated rings. The fourth-order valence-electron chi connectivity index (χ4n) is 3.31. The zero-order chi connectivity index (χ0) is 19.2. The van der Waals surface area contributed by atoms with E-state index in [-0.39, 0.29) is 5.75 Å². The Morgan fingerprint density at radius 2 is 1.85 bits per heavy atom. The summed E-state index contributed by atoms with van der Waals surface area (Å²) in [6, 6.07) is 12.0. The van der Waals surface area contributed by atoms with Crippen LogP contribution in [0.4, 0.5) is 0 Å². The molecule has 5 nitrogen and oxygen atoms in total. The summed E-state index contributed by atoms with van der Waals surface area (Å²) in [5.41, 5.74) is 5.02. The highest BCUT2D eigenvalue weighted by molar-refractivity contribution is 5.80. The van der Waals surface area contributed by atoms with Gasteiger partial charge in [0.15, 0.2) is 11.5 Å². The number of aromatic hydroxyl groups is 1. The second-order valence-corrected chi connectivity index (χ2v) is 7.06. The van der Waals surface area contributed by atoms with E-state index in [0.717, 1.165) is 38.3 Å². The Morgan fingerprint density at radius 3 is 2.56 bits per heavy atom. The number of phenols is 1. The minimum Gasteiger partial charge on any atom is -0.504 e. The molecule has 1 aliphatic rings. The first-order chi connectivity index (χ1) is 13.0. The van der Waals surface area contributed by atoms with Crippen LogP contribution in [-0.4, -0.2) is 54.0 Å². The van der Waals surface area contributed by atoms with Gasteiger partial charge in [0.25, 0.3) is 0 Å². The smallest absolute Gasteiger partial charge is 0.161 e. The topological polar surface area (TPSA) is 48.3 Å². The maximum absolute atomic E-state index is 9.78. The summed E-state index contributed by atoms with van der Waals surface area (Å²) in [7, 11) is 0. The minimum absolute atomic E-state index is 0.161. The Hall–Kier alpha value is -2.53. The van der Waals surface area contributed by atoms with Gasteiger partial charge in [0, 0.05) is 32.7 Å². The molecule has 1 N–H and O–H groups in total. The molecule has 1 aliphatic heterocycles. The molecule has 0 saturated carbocycles. The summed E-state index contributed by atoms with van der Waals surface area (Å²) in [5, 5.41) is 16.5. The lowest BCUT2D eigenvalue weighted by molar-refractivity contribution is 0.131. The molecule has 0 aromatic heterocycles. The number of nitrogens with zero attached hydrogens (tertiary/aromatic N) is 3. The van der Waals surface area contributed by atoms with Crippen molar-refractivity contribution in [3.05, 3.63) is 58.7 Å². The summed E-state index contributed by atoms with van der Waals surface area (Å²) in [6.45, 7) is 11.6. The maximum atomic E-state index is 9.78. The van der Waals surface area contributed by atoms with Gasteiger partial charge in [-0.05, 0) is 55.7 Å². The fraction of sp³-hybridized carbons (Fsp3) is 0.409. The summed E-state index contributed by atoms with van der Waals surface area (Å²) < 4.78 is 5.42. The van der Waals surface area contributed by atoms with Gasteiger partial charge in [0.05, 0.1) is 12.8 Å². The van der Waals surface area contributed by atoms with Crippen molar-refractivity contribution in [3.8, 4) is 11.5 Å². The number of piperazine rings is 1. The molecule has 0 bridgehead atoms. The predicted molar refractivity (Wildman–Crippen MR) is 110 cm³/mol. The van der Waals surface area contributed by atoms with Crippen molar-refractivity contribution >= 4 is 6.21 Å². The Balaban J connectivity index is 1.53. The minimum atomic E-state index is 0.161. The Bertz CT molecular complexity index is 796. The molecule has 1 heterocycles. The standard InChI is InChI=1S/C22H29N3O2/c1-4-27-22-14-19(6-8-21(22)26)15-23-25-11-9-24(10-12-25)16-20-7-5-17(2)13-18(20)3/h5-8,13-15,26H,4,9-12,16H2,1-3H3/b23-15+. The third-order valence-electron chi connectivity index (χ3n) is 4.89. The number of hydrogen-bond donors (Lipinski definition) is 1. The average molecular weight is 367 g/mol. The molecule has 5 heteroatoms. The van der Waals surface area contributed by atoms with E-state index in [2.05, 4.69) is 47.1 Å². The molecule has 144 valence electrons. The van der Waals surface area contributed by atoms with Gasteiger partial charge < -0.3 is 9.84 Å². The van der Waals surface area contributed by atoms with Gasteiger partial charge in [0.1, 0.15) is 0 Å². The van der Waals surface area contributed by atoms with E-state index < -0.39 is 0 Å². The molecule has 0 atom stereocenters. The van der Waals surface area contributed by atoms with Crippen molar-refractivity contribution in [3.63, 3.8) is 0 Å². The molecule has 2 aromatic rings. The van der Waals surface area contributed by atoms with Crippen LogP contribution >= 0.6 is 0 Å². The highest BCUT2D eigenvalue weighted by Gasteiger charge is 2.16. The number of ether oxygens (including phenoxy) is 1. The van der Waals surface area contributed by atoms with Gasteiger partial charge >= 0.3 is 0 Å². The van der Waals surface area contributed by atoms with Crippen LogP contribution < -0.4 is 4.74 Å². The summed E-state index contributed by atoms with van der Waals surface area (Å²) in [5.74, 6) is 0.661. The van der Waals surface area contributed by atoms with Crippen molar-refractivity contribution in [1.82, 2.24) is 9.91 Å². The van der Waals surface area contributed by atoms with Gasteiger partial charge in [0.2, 0.25) is 0 Å². The Morgan fingerprint density at radius 1 is 1.07 bits per heavy atom. The predicted octanol–water partition coefficient (Wildman–Crippen LogP) is 3.56. The Labute approximate surface area is 161 Å². The third-order valence-corrected chi connectivity index (χ3v) is 4.89. The van der Waals surface area contributed by atoms with E-state index in [1.54, 1.807) is 6.07 Å². The van der Waals surface area contributed by atoms with Gasteiger partial charge in [-0.15, -0.1) is 0 Å². The van der Waals surface area contributed by atoms with E-state index in [9.17, 15) is 5.11 Å². The van der Waals surface area contributed by atoms with E-state index in [4.69, 9.17) is 4.74 Å². The molecular weight excluding hydrogens is 338 g/mol. The van der Waals surface area contributed by atoms with Crippen LogP contribution in [0.5, 0.6) is 11.5 Å². The number of aryl methyl sites for hydroxylation is 2. The van der Waals surface area contributed by atoms with E-state index >= 15 is 0 Å². The summed E-state index contributed by atoms with van der Waals surface area (Å²) >= 11 is 0. The van der Waals surface area contributed by atoms with Gasteiger partial charge in [-0.1, -0.05) is 23.8 Å². The van der Waals surface area contributed by atoms with Crippen molar-refractivity contribution < 1.29 is 9.84 Å². The zero-order valence-corrected chi connectivity index (χ0v) is 16.5. The first-order valence-corrected chi connectivity index (χ1v) is 9.58. The lowest BCUT2D eigenvalue weighted by atomic mass is 10.1. The highest BCUT2D eigenvalue weighted by Crippen LogP contribution is 2.26. The highest BCUT2D eigenvalue weighted by atomic mass is 16.5. The number of rotatable bonds is 6. The molecule has 0 unspecified atom stereocenters. The number of phenolic OH excluding ortho intramolecular Hbond substituents is 1. The van der Waals surface area contributed by atoms with Gasteiger partial charge in [-0.2, -0.15) is 5.10 Å².